The molecule has 0 amide bonds. The first kappa shape index (κ1) is 7.94. The maximum absolute atomic E-state index is 9.75. The summed E-state index contributed by atoms with van der Waals surface area (Å²) in [5.74, 6) is 0.535. The van der Waals surface area contributed by atoms with Gasteiger partial charge in [0.05, 0.1) is 0 Å². The maximum Gasteiger partial charge on any atom is 0.139 e. The van der Waals surface area contributed by atoms with Gasteiger partial charge in [0.25, 0.3) is 0 Å². The van der Waals surface area contributed by atoms with Crippen molar-refractivity contribution in [1.82, 2.24) is 15.0 Å². The Hall–Kier alpha value is -1.68. The fraction of sp³-hybridized carbons (Fsp3) is 0.111. The van der Waals surface area contributed by atoms with E-state index in [1.54, 1.807) is 36.9 Å². The molecule has 2 aromatic rings. The van der Waals surface area contributed by atoms with E-state index in [4.69, 9.17) is 0 Å². The topological polar surface area (TPSA) is 61.8 Å². The highest BCUT2D eigenvalue weighted by Crippen LogP contribution is 2.16. The van der Waals surface area contributed by atoms with Crippen molar-refractivity contribution in [2.24, 2.45) is 0 Å². The molecule has 2 aromatic heterocycles. The molecule has 0 saturated heterocycles. The molecular formula is C9H9N3O. The predicted molar refractivity (Wildman–Crippen MR) is 46.9 cm³/mol. The third-order valence-corrected chi connectivity index (χ3v) is 1.78. The van der Waals surface area contributed by atoms with Crippen molar-refractivity contribution in [2.75, 3.05) is 0 Å². The first-order valence-corrected chi connectivity index (χ1v) is 3.95. The zero-order chi connectivity index (χ0) is 9.10. The van der Waals surface area contributed by atoms with E-state index in [2.05, 4.69) is 15.0 Å². The Labute approximate surface area is 75.3 Å². The first-order valence-electron chi connectivity index (χ1n) is 3.95. The molecule has 1 atom stereocenters. The average Bonchev–Trinajstić information content (AvgIpc) is 2.71. The zero-order valence-electron chi connectivity index (χ0n) is 6.88. The Balaban J connectivity index is 2.29. The number of rotatable bonds is 2. The predicted octanol–water partition coefficient (Wildman–Crippen LogP) is 0.886. The summed E-state index contributed by atoms with van der Waals surface area (Å²) in [7, 11) is 0. The van der Waals surface area contributed by atoms with Gasteiger partial charge in [-0.25, -0.2) is 4.98 Å². The Morgan fingerprint density at radius 3 is 2.92 bits per heavy atom. The number of pyridine rings is 1. The van der Waals surface area contributed by atoms with E-state index in [0.717, 1.165) is 5.56 Å². The molecule has 1 unspecified atom stereocenters. The Morgan fingerprint density at radius 2 is 2.31 bits per heavy atom. The minimum absolute atomic E-state index is 0.535. The van der Waals surface area contributed by atoms with Crippen molar-refractivity contribution >= 4 is 0 Å². The van der Waals surface area contributed by atoms with Crippen LogP contribution in [-0.4, -0.2) is 20.1 Å². The molecule has 2 N–H and O–H groups in total. The zero-order valence-corrected chi connectivity index (χ0v) is 6.88. The summed E-state index contributed by atoms with van der Waals surface area (Å²) < 4.78 is 0. The minimum Gasteiger partial charge on any atom is -0.380 e. The molecule has 13 heavy (non-hydrogen) atoms. The standard InChI is InChI=1S/C9H9N3O/c13-8(9-11-4-5-12-9)7-2-1-3-10-6-7/h1-6,8,13H,(H,11,12). The van der Waals surface area contributed by atoms with Crippen LogP contribution in [-0.2, 0) is 0 Å². The summed E-state index contributed by atoms with van der Waals surface area (Å²) in [6, 6.07) is 3.58. The molecule has 2 heterocycles. The summed E-state index contributed by atoms with van der Waals surface area (Å²) in [4.78, 5) is 10.7. The summed E-state index contributed by atoms with van der Waals surface area (Å²) in [6.07, 6.45) is 5.85. The summed E-state index contributed by atoms with van der Waals surface area (Å²) >= 11 is 0. The van der Waals surface area contributed by atoms with Crippen molar-refractivity contribution in [3.8, 4) is 0 Å². The molecule has 0 aromatic carbocycles. The fourth-order valence-electron chi connectivity index (χ4n) is 1.12. The van der Waals surface area contributed by atoms with Crippen molar-refractivity contribution < 1.29 is 5.11 Å². The van der Waals surface area contributed by atoms with Crippen molar-refractivity contribution in [1.29, 1.82) is 0 Å². The summed E-state index contributed by atoms with van der Waals surface area (Å²) in [5, 5.41) is 9.75. The van der Waals surface area contributed by atoms with Crippen LogP contribution >= 0.6 is 0 Å². The van der Waals surface area contributed by atoms with E-state index in [0.29, 0.717) is 5.82 Å². The van der Waals surface area contributed by atoms with E-state index < -0.39 is 6.10 Å². The third-order valence-electron chi connectivity index (χ3n) is 1.78. The van der Waals surface area contributed by atoms with Gasteiger partial charge in [0, 0.05) is 30.4 Å². The van der Waals surface area contributed by atoms with Gasteiger partial charge in [-0.05, 0) is 6.07 Å². The highest BCUT2D eigenvalue weighted by molar-refractivity contribution is 5.18. The number of hydrogen-bond donors (Lipinski definition) is 2. The molecule has 0 radical (unpaired) electrons. The number of nitrogens with one attached hydrogen (secondary N) is 1. The number of nitrogens with zero attached hydrogens (tertiary/aromatic N) is 2. The molecule has 0 aliphatic rings. The van der Waals surface area contributed by atoms with Crippen LogP contribution in [0.2, 0.25) is 0 Å². The molecule has 0 saturated carbocycles. The van der Waals surface area contributed by atoms with Gasteiger partial charge in [0.1, 0.15) is 11.9 Å². The van der Waals surface area contributed by atoms with Crippen LogP contribution in [0.3, 0.4) is 0 Å². The monoisotopic (exact) mass is 175 g/mol. The quantitative estimate of drug-likeness (QED) is 0.712. The lowest BCUT2D eigenvalue weighted by Crippen LogP contribution is -2.01. The molecule has 0 spiro atoms. The normalized spacial score (nSPS) is 12.7. The van der Waals surface area contributed by atoms with Crippen molar-refractivity contribution in [2.45, 2.75) is 6.10 Å². The van der Waals surface area contributed by atoms with Crippen LogP contribution in [0.1, 0.15) is 17.5 Å². The van der Waals surface area contributed by atoms with Gasteiger partial charge in [0.2, 0.25) is 0 Å². The largest absolute Gasteiger partial charge is 0.380 e. The average molecular weight is 175 g/mol. The summed E-state index contributed by atoms with van der Waals surface area (Å²) in [5.41, 5.74) is 0.734. The molecule has 4 heteroatoms. The van der Waals surface area contributed by atoms with Crippen LogP contribution in [0.5, 0.6) is 0 Å². The second kappa shape index (κ2) is 3.37. The molecular weight excluding hydrogens is 166 g/mol. The van der Waals surface area contributed by atoms with Crippen LogP contribution in [0.25, 0.3) is 0 Å². The number of hydrogen-bond acceptors (Lipinski definition) is 3. The highest BCUT2D eigenvalue weighted by Gasteiger charge is 2.11. The second-order valence-corrected chi connectivity index (χ2v) is 2.66. The van der Waals surface area contributed by atoms with E-state index in [1.165, 1.54) is 0 Å². The molecule has 4 nitrogen and oxygen atoms in total. The van der Waals surface area contributed by atoms with Gasteiger partial charge in [-0.3, -0.25) is 4.98 Å². The van der Waals surface area contributed by atoms with Gasteiger partial charge in [-0.15, -0.1) is 0 Å². The van der Waals surface area contributed by atoms with Crippen molar-refractivity contribution in [3.05, 3.63) is 48.3 Å². The van der Waals surface area contributed by atoms with E-state index >= 15 is 0 Å². The maximum atomic E-state index is 9.75. The van der Waals surface area contributed by atoms with E-state index in [-0.39, 0.29) is 0 Å². The van der Waals surface area contributed by atoms with Gasteiger partial charge >= 0.3 is 0 Å². The lowest BCUT2D eigenvalue weighted by molar-refractivity contribution is 0.210. The molecule has 2 rings (SSSR count). The van der Waals surface area contributed by atoms with Crippen LogP contribution in [0.15, 0.2) is 36.9 Å². The number of aliphatic hydroxyl groups is 1. The SMILES string of the molecule is OC(c1cccnc1)c1ncc[nH]1. The number of H-pyrrole nitrogens is 1. The van der Waals surface area contributed by atoms with Crippen LogP contribution in [0.4, 0.5) is 0 Å². The Kier molecular flexibility index (Phi) is 2.06. The number of aromatic nitrogens is 3. The lowest BCUT2D eigenvalue weighted by Gasteiger charge is -2.06. The minimum atomic E-state index is -0.719. The number of imidazole rings is 1. The summed E-state index contributed by atoms with van der Waals surface area (Å²) in [6.45, 7) is 0. The van der Waals surface area contributed by atoms with Gasteiger partial charge < -0.3 is 10.1 Å². The number of aliphatic hydroxyl groups excluding tert-OH is 1. The molecule has 0 aliphatic carbocycles. The van der Waals surface area contributed by atoms with E-state index in [1.807, 2.05) is 0 Å². The highest BCUT2D eigenvalue weighted by atomic mass is 16.3. The molecule has 0 fully saturated rings. The smallest absolute Gasteiger partial charge is 0.139 e. The first-order chi connectivity index (χ1) is 6.38. The van der Waals surface area contributed by atoms with Gasteiger partial charge in [-0.1, -0.05) is 6.07 Å². The second-order valence-electron chi connectivity index (χ2n) is 2.66. The van der Waals surface area contributed by atoms with Crippen LogP contribution < -0.4 is 0 Å². The van der Waals surface area contributed by atoms with Crippen molar-refractivity contribution in [3.63, 3.8) is 0 Å². The number of aromatic amines is 1. The fourth-order valence-corrected chi connectivity index (χ4v) is 1.12. The van der Waals surface area contributed by atoms with Gasteiger partial charge in [0.15, 0.2) is 0 Å². The molecule has 66 valence electrons. The Bertz CT molecular complexity index is 358. The van der Waals surface area contributed by atoms with Crippen LogP contribution in [0, 0.1) is 0 Å². The molecule has 0 bridgehead atoms. The third kappa shape index (κ3) is 1.57. The van der Waals surface area contributed by atoms with Gasteiger partial charge in [-0.2, -0.15) is 0 Å². The van der Waals surface area contributed by atoms with E-state index in [9.17, 15) is 5.11 Å². The lowest BCUT2D eigenvalue weighted by atomic mass is 10.1. The molecule has 0 aliphatic heterocycles. The Morgan fingerprint density at radius 1 is 1.38 bits per heavy atom.